The average Bonchev–Trinajstić information content (AvgIpc) is 2.70. The van der Waals surface area contributed by atoms with Crippen LogP contribution in [0.1, 0.15) is 32.1 Å². The molecule has 0 aromatic rings. The summed E-state index contributed by atoms with van der Waals surface area (Å²) in [6.07, 6.45) is 2.20. The van der Waals surface area contributed by atoms with E-state index in [1.165, 1.54) is 0 Å². The lowest BCUT2D eigenvalue weighted by atomic mass is 10.1. The molecule has 2 aliphatic rings. The first kappa shape index (κ1) is 17.7. The maximum absolute atomic E-state index is 11.9. The van der Waals surface area contributed by atoms with Crippen LogP contribution in [0.3, 0.4) is 0 Å². The van der Waals surface area contributed by atoms with Crippen LogP contribution in [0.15, 0.2) is 0 Å². The molecular weight excluding hydrogens is 300 g/mol. The van der Waals surface area contributed by atoms with Gasteiger partial charge < -0.3 is 20.0 Å². The van der Waals surface area contributed by atoms with Crippen molar-refractivity contribution in [2.24, 2.45) is 0 Å². The van der Waals surface area contributed by atoms with Gasteiger partial charge in [0, 0.05) is 38.5 Å². The number of nitrogens with zero attached hydrogens (tertiary/aromatic N) is 3. The van der Waals surface area contributed by atoms with Gasteiger partial charge in [0.1, 0.15) is 0 Å². The third kappa shape index (κ3) is 5.47. The minimum atomic E-state index is -0.722. The van der Waals surface area contributed by atoms with E-state index in [-0.39, 0.29) is 18.9 Å². The first-order valence-electron chi connectivity index (χ1n) is 8.17. The van der Waals surface area contributed by atoms with Crippen LogP contribution in [0.4, 0.5) is 4.79 Å². The van der Waals surface area contributed by atoms with E-state index in [0.29, 0.717) is 5.06 Å². The van der Waals surface area contributed by atoms with E-state index in [1.54, 1.807) is 0 Å². The molecule has 2 heterocycles. The number of rotatable bonds is 5. The van der Waals surface area contributed by atoms with E-state index in [0.717, 1.165) is 45.4 Å². The molecule has 2 saturated heterocycles. The summed E-state index contributed by atoms with van der Waals surface area (Å²) in [5.41, 5.74) is 0. The lowest BCUT2D eigenvalue weighted by molar-refractivity contribution is -0.171. The Balaban J connectivity index is 1.74. The Labute approximate surface area is 136 Å². The second-order valence-electron chi connectivity index (χ2n) is 6.38. The Bertz CT molecular complexity index is 439. The fourth-order valence-electron chi connectivity index (χ4n) is 2.80. The molecule has 1 unspecified atom stereocenters. The van der Waals surface area contributed by atoms with Crippen molar-refractivity contribution in [3.63, 3.8) is 0 Å². The number of hydrogen-bond donors (Lipinski definition) is 1. The van der Waals surface area contributed by atoms with Crippen molar-refractivity contribution in [1.82, 2.24) is 20.2 Å². The number of hydroxylamine groups is 2. The quantitative estimate of drug-likeness (QED) is 0.727. The summed E-state index contributed by atoms with van der Waals surface area (Å²) in [4.78, 5) is 44.1. The van der Waals surface area contributed by atoms with Crippen LogP contribution in [0, 0.1) is 0 Å². The molecule has 0 aliphatic carbocycles. The van der Waals surface area contributed by atoms with E-state index in [9.17, 15) is 14.4 Å². The molecule has 0 saturated carbocycles. The van der Waals surface area contributed by atoms with Crippen LogP contribution in [0.25, 0.3) is 0 Å². The zero-order valence-corrected chi connectivity index (χ0v) is 13.9. The average molecular weight is 326 g/mol. The maximum atomic E-state index is 11.9. The van der Waals surface area contributed by atoms with Gasteiger partial charge in [0.05, 0.1) is 0 Å². The fourth-order valence-corrected chi connectivity index (χ4v) is 2.80. The predicted octanol–water partition coefficient (Wildman–Crippen LogP) is 0.193. The molecule has 2 aliphatic heterocycles. The van der Waals surface area contributed by atoms with Crippen LogP contribution in [0.5, 0.6) is 0 Å². The topological polar surface area (TPSA) is 82.2 Å². The third-order valence-corrected chi connectivity index (χ3v) is 4.19. The van der Waals surface area contributed by atoms with Gasteiger partial charge >= 0.3 is 6.09 Å². The van der Waals surface area contributed by atoms with Gasteiger partial charge in [0.15, 0.2) is 0 Å². The van der Waals surface area contributed by atoms with Crippen molar-refractivity contribution in [2.75, 3.05) is 40.3 Å². The molecule has 3 amide bonds. The van der Waals surface area contributed by atoms with Crippen molar-refractivity contribution in [3.8, 4) is 0 Å². The molecule has 23 heavy (non-hydrogen) atoms. The van der Waals surface area contributed by atoms with Gasteiger partial charge in [-0.1, -0.05) is 0 Å². The highest BCUT2D eigenvalue weighted by Gasteiger charge is 2.33. The predicted molar refractivity (Wildman–Crippen MR) is 83.3 cm³/mol. The minimum absolute atomic E-state index is 0.0136. The number of hydrogen-bond acceptors (Lipinski definition) is 6. The Morgan fingerprint density at radius 1 is 1.22 bits per heavy atom. The van der Waals surface area contributed by atoms with Gasteiger partial charge in [0.2, 0.25) is 0 Å². The first-order chi connectivity index (χ1) is 11.0. The monoisotopic (exact) mass is 326 g/mol. The summed E-state index contributed by atoms with van der Waals surface area (Å²) in [6, 6.07) is 0.0136. The van der Waals surface area contributed by atoms with E-state index >= 15 is 0 Å². The molecule has 0 spiro atoms. The van der Waals surface area contributed by atoms with Crippen LogP contribution in [-0.4, -0.2) is 79.1 Å². The van der Waals surface area contributed by atoms with E-state index in [1.807, 2.05) is 0 Å². The van der Waals surface area contributed by atoms with Crippen molar-refractivity contribution in [2.45, 2.75) is 38.1 Å². The summed E-state index contributed by atoms with van der Waals surface area (Å²) >= 11 is 0. The highest BCUT2D eigenvalue weighted by molar-refractivity contribution is 6.01. The van der Waals surface area contributed by atoms with Crippen LogP contribution in [-0.2, 0) is 14.4 Å². The SMILES string of the molecule is CN(C)CCN1CCCC(NC(=O)ON2C(=O)CCC2=O)CC1. The molecule has 8 heteroatoms. The minimum Gasteiger partial charge on any atom is -0.317 e. The Morgan fingerprint density at radius 2 is 1.91 bits per heavy atom. The molecule has 1 N–H and O–H groups in total. The summed E-state index contributed by atoms with van der Waals surface area (Å²) in [7, 11) is 4.11. The van der Waals surface area contributed by atoms with Gasteiger partial charge in [-0.25, -0.2) is 4.79 Å². The summed E-state index contributed by atoms with van der Waals surface area (Å²) in [6.45, 7) is 3.96. The number of likely N-dealkylation sites (N-methyl/N-ethyl adjacent to an activating group) is 1. The number of amides is 3. The van der Waals surface area contributed by atoms with Crippen LogP contribution < -0.4 is 5.32 Å². The number of imide groups is 1. The lowest BCUT2D eigenvalue weighted by Gasteiger charge is -2.22. The molecule has 0 aromatic carbocycles. The number of carbonyl (C=O) groups is 3. The highest BCUT2D eigenvalue weighted by atomic mass is 16.7. The molecule has 0 radical (unpaired) electrons. The van der Waals surface area contributed by atoms with Crippen LogP contribution >= 0.6 is 0 Å². The normalized spacial score (nSPS) is 23.3. The Morgan fingerprint density at radius 3 is 2.57 bits per heavy atom. The van der Waals surface area contributed by atoms with Crippen molar-refractivity contribution < 1.29 is 19.2 Å². The van der Waals surface area contributed by atoms with Gasteiger partial charge in [-0.2, -0.15) is 0 Å². The van der Waals surface area contributed by atoms with Crippen LogP contribution in [0.2, 0.25) is 0 Å². The Kier molecular flexibility index (Phi) is 6.35. The largest absolute Gasteiger partial charge is 0.432 e. The van der Waals surface area contributed by atoms with Gasteiger partial charge in [0.25, 0.3) is 11.8 Å². The number of carbonyl (C=O) groups excluding carboxylic acids is 3. The molecule has 0 aromatic heterocycles. The standard InChI is InChI=1S/C15H26N4O4/c1-17(2)10-11-18-8-3-4-12(7-9-18)16-15(22)23-19-13(20)5-6-14(19)21/h12H,3-11H2,1-2H3,(H,16,22). The highest BCUT2D eigenvalue weighted by Crippen LogP contribution is 2.14. The molecule has 2 fully saturated rings. The van der Waals surface area contributed by atoms with Crippen molar-refractivity contribution in [1.29, 1.82) is 0 Å². The van der Waals surface area contributed by atoms with E-state index < -0.39 is 17.9 Å². The smallest absolute Gasteiger partial charge is 0.317 e. The first-order valence-corrected chi connectivity index (χ1v) is 8.17. The van der Waals surface area contributed by atoms with Gasteiger partial charge in [-0.3, -0.25) is 9.59 Å². The number of likely N-dealkylation sites (tertiary alicyclic amines) is 1. The van der Waals surface area contributed by atoms with Crippen molar-refractivity contribution >= 4 is 17.9 Å². The zero-order valence-electron chi connectivity index (χ0n) is 13.9. The van der Waals surface area contributed by atoms with Crippen molar-refractivity contribution in [3.05, 3.63) is 0 Å². The summed E-state index contributed by atoms with van der Waals surface area (Å²) in [5.74, 6) is -0.915. The second kappa shape index (κ2) is 8.26. The van der Waals surface area contributed by atoms with Gasteiger partial charge in [-0.15, -0.1) is 5.06 Å². The molecular formula is C15H26N4O4. The van der Waals surface area contributed by atoms with E-state index in [2.05, 4.69) is 29.2 Å². The van der Waals surface area contributed by atoms with Gasteiger partial charge in [-0.05, 0) is 39.9 Å². The fraction of sp³-hybridized carbons (Fsp3) is 0.800. The third-order valence-electron chi connectivity index (χ3n) is 4.19. The summed E-state index contributed by atoms with van der Waals surface area (Å²) < 4.78 is 0. The van der Waals surface area contributed by atoms with E-state index in [4.69, 9.17) is 4.84 Å². The lowest BCUT2D eigenvalue weighted by Crippen LogP contribution is -2.41. The maximum Gasteiger partial charge on any atom is 0.432 e. The Hall–Kier alpha value is -1.67. The molecule has 1 atom stereocenters. The number of nitrogens with one attached hydrogen (secondary N) is 1. The zero-order chi connectivity index (χ0) is 16.8. The summed E-state index contributed by atoms with van der Waals surface area (Å²) in [5, 5.41) is 3.35. The molecule has 2 rings (SSSR count). The second-order valence-corrected chi connectivity index (χ2v) is 6.38. The molecule has 0 bridgehead atoms. The molecule has 130 valence electrons. The molecule has 8 nitrogen and oxygen atoms in total.